The largest absolute Gasteiger partial charge is 0.489 e. The molecule has 190 valence electrons. The maximum absolute atomic E-state index is 12.3. The fraction of sp³-hybridized carbons (Fsp3) is 0.517. The Morgan fingerprint density at radius 3 is 2.36 bits per heavy atom. The molecule has 0 bridgehead atoms. The van der Waals surface area contributed by atoms with Crippen LogP contribution in [-0.2, 0) is 35.8 Å². The van der Waals surface area contributed by atoms with Gasteiger partial charge >= 0.3 is 0 Å². The van der Waals surface area contributed by atoms with Crippen molar-refractivity contribution in [3.63, 3.8) is 0 Å². The van der Waals surface area contributed by atoms with E-state index in [2.05, 4.69) is 50.3 Å². The van der Waals surface area contributed by atoms with Gasteiger partial charge in [-0.3, -0.25) is 24.7 Å². The number of benzene rings is 2. The molecule has 3 heterocycles. The van der Waals surface area contributed by atoms with Crippen LogP contribution < -0.4 is 10.1 Å². The average molecular weight is 489 g/mol. The van der Waals surface area contributed by atoms with Crippen molar-refractivity contribution in [3.05, 3.63) is 64.7 Å². The van der Waals surface area contributed by atoms with Gasteiger partial charge in [-0.2, -0.15) is 0 Å². The Balaban J connectivity index is 1.01. The SMILES string of the molecule is O=C1CCC(N2Cc3cccc(OCc4ccc(CN5CCN(CC6CC6)CC5)cc4)c3C2)C(=O)N1. The molecule has 0 aromatic heterocycles. The van der Waals surface area contributed by atoms with Gasteiger partial charge in [-0.25, -0.2) is 0 Å². The Morgan fingerprint density at radius 2 is 1.61 bits per heavy atom. The van der Waals surface area contributed by atoms with Crippen LogP contribution in [0.4, 0.5) is 0 Å². The molecule has 1 unspecified atom stereocenters. The van der Waals surface area contributed by atoms with Gasteiger partial charge in [0.25, 0.3) is 0 Å². The number of carbonyl (C=O) groups excluding carboxylic acids is 2. The molecule has 7 nitrogen and oxygen atoms in total. The zero-order valence-corrected chi connectivity index (χ0v) is 21.0. The van der Waals surface area contributed by atoms with Crippen LogP contribution in [0.3, 0.4) is 0 Å². The fourth-order valence-electron chi connectivity index (χ4n) is 5.76. The van der Waals surface area contributed by atoms with E-state index in [-0.39, 0.29) is 17.9 Å². The van der Waals surface area contributed by atoms with Crippen LogP contribution in [0.25, 0.3) is 0 Å². The van der Waals surface area contributed by atoms with E-state index in [0.29, 0.717) is 32.5 Å². The van der Waals surface area contributed by atoms with Crippen LogP contribution in [0.1, 0.15) is 47.9 Å². The maximum Gasteiger partial charge on any atom is 0.243 e. The van der Waals surface area contributed by atoms with E-state index in [1.807, 2.05) is 12.1 Å². The Labute approximate surface area is 213 Å². The first-order valence-corrected chi connectivity index (χ1v) is 13.4. The number of piperidine rings is 1. The number of hydrogen-bond acceptors (Lipinski definition) is 6. The van der Waals surface area contributed by atoms with Crippen molar-refractivity contribution in [2.45, 2.75) is 58.0 Å². The number of nitrogens with zero attached hydrogens (tertiary/aromatic N) is 3. The lowest BCUT2D eigenvalue weighted by Crippen LogP contribution is -2.50. The molecular formula is C29H36N4O3. The number of rotatable bonds is 8. The predicted molar refractivity (Wildman–Crippen MR) is 137 cm³/mol. The highest BCUT2D eigenvalue weighted by Gasteiger charge is 2.35. The molecule has 3 aliphatic heterocycles. The Hall–Kier alpha value is -2.74. The normalized spacial score (nSPS) is 23.5. The standard InChI is InChI=1S/C29H36N4O3/c34-28-11-10-26(29(35)30-28)33-18-24-2-1-3-27(25(24)19-33)36-20-23-8-6-22(7-9-23)17-32-14-12-31(13-15-32)16-21-4-5-21/h1-3,6-9,21,26H,4-5,10-20H2,(H,30,34,35). The Bertz CT molecular complexity index is 1110. The second kappa shape index (κ2) is 10.3. The van der Waals surface area contributed by atoms with Gasteiger partial charge in [-0.05, 0) is 47.9 Å². The molecule has 1 saturated carbocycles. The summed E-state index contributed by atoms with van der Waals surface area (Å²) < 4.78 is 6.26. The third kappa shape index (κ3) is 5.48. The summed E-state index contributed by atoms with van der Waals surface area (Å²) in [5.41, 5.74) is 4.87. The Morgan fingerprint density at radius 1 is 0.861 bits per heavy atom. The summed E-state index contributed by atoms with van der Waals surface area (Å²) in [5.74, 6) is 1.51. The number of nitrogens with one attached hydrogen (secondary N) is 1. The van der Waals surface area contributed by atoms with Gasteiger partial charge < -0.3 is 9.64 Å². The first-order valence-electron chi connectivity index (χ1n) is 13.4. The minimum Gasteiger partial charge on any atom is -0.489 e. The highest BCUT2D eigenvalue weighted by atomic mass is 16.5. The van der Waals surface area contributed by atoms with Crippen LogP contribution in [-0.4, -0.2) is 65.3 Å². The molecule has 1 N–H and O–H groups in total. The molecule has 2 saturated heterocycles. The molecule has 0 spiro atoms. The topological polar surface area (TPSA) is 65.1 Å². The minimum atomic E-state index is -0.253. The molecule has 0 radical (unpaired) electrons. The summed E-state index contributed by atoms with van der Waals surface area (Å²) in [5, 5.41) is 2.48. The van der Waals surface area contributed by atoms with Crippen LogP contribution in [0, 0.1) is 5.92 Å². The fourth-order valence-corrected chi connectivity index (χ4v) is 5.76. The van der Waals surface area contributed by atoms with E-state index in [1.54, 1.807) is 0 Å². The number of piperazine rings is 1. The number of imide groups is 1. The van der Waals surface area contributed by atoms with Gasteiger partial charge in [-0.1, -0.05) is 36.4 Å². The highest BCUT2D eigenvalue weighted by molar-refractivity contribution is 6.00. The Kier molecular flexibility index (Phi) is 6.78. The van der Waals surface area contributed by atoms with Crippen molar-refractivity contribution in [1.82, 2.24) is 20.0 Å². The molecule has 1 atom stereocenters. The van der Waals surface area contributed by atoms with Crippen LogP contribution in [0.2, 0.25) is 0 Å². The van der Waals surface area contributed by atoms with Crippen molar-refractivity contribution < 1.29 is 14.3 Å². The summed E-state index contributed by atoms with van der Waals surface area (Å²) >= 11 is 0. The van der Waals surface area contributed by atoms with Crippen molar-refractivity contribution >= 4 is 11.8 Å². The number of ether oxygens (including phenoxy) is 1. The number of amides is 2. The van der Waals surface area contributed by atoms with E-state index in [4.69, 9.17) is 4.74 Å². The maximum atomic E-state index is 12.3. The van der Waals surface area contributed by atoms with E-state index < -0.39 is 0 Å². The van der Waals surface area contributed by atoms with Gasteiger partial charge in [0.1, 0.15) is 12.4 Å². The molecule has 6 rings (SSSR count). The third-order valence-corrected chi connectivity index (χ3v) is 8.12. The van der Waals surface area contributed by atoms with E-state index in [1.165, 1.54) is 43.6 Å². The zero-order valence-electron chi connectivity index (χ0n) is 21.0. The molecule has 1 aliphatic carbocycles. The number of hydrogen-bond donors (Lipinski definition) is 1. The van der Waals surface area contributed by atoms with Crippen LogP contribution in [0.5, 0.6) is 5.75 Å². The molecule has 2 aromatic carbocycles. The summed E-state index contributed by atoms with van der Waals surface area (Å²) in [6, 6.07) is 14.7. The van der Waals surface area contributed by atoms with Gasteiger partial charge in [0.2, 0.25) is 11.8 Å². The van der Waals surface area contributed by atoms with Crippen molar-refractivity contribution in [1.29, 1.82) is 0 Å². The summed E-state index contributed by atoms with van der Waals surface area (Å²) in [4.78, 5) is 31.2. The van der Waals surface area contributed by atoms with Crippen LogP contribution in [0.15, 0.2) is 42.5 Å². The van der Waals surface area contributed by atoms with Crippen molar-refractivity contribution in [3.8, 4) is 5.75 Å². The van der Waals surface area contributed by atoms with Crippen molar-refractivity contribution in [2.24, 2.45) is 5.92 Å². The van der Waals surface area contributed by atoms with Crippen LogP contribution >= 0.6 is 0 Å². The molecular weight excluding hydrogens is 452 g/mol. The highest BCUT2D eigenvalue weighted by Crippen LogP contribution is 2.34. The first kappa shape index (κ1) is 23.6. The van der Waals surface area contributed by atoms with E-state index in [9.17, 15) is 9.59 Å². The molecule has 36 heavy (non-hydrogen) atoms. The minimum absolute atomic E-state index is 0.172. The molecule has 2 aromatic rings. The third-order valence-electron chi connectivity index (χ3n) is 8.12. The van der Waals surface area contributed by atoms with Crippen molar-refractivity contribution in [2.75, 3.05) is 32.7 Å². The average Bonchev–Trinajstić information content (AvgIpc) is 3.59. The summed E-state index contributed by atoms with van der Waals surface area (Å²) in [6.45, 7) is 8.94. The molecule has 7 heteroatoms. The second-order valence-electron chi connectivity index (χ2n) is 10.9. The van der Waals surface area contributed by atoms with Gasteiger partial charge in [-0.15, -0.1) is 0 Å². The molecule has 2 amide bonds. The lowest BCUT2D eigenvalue weighted by molar-refractivity contribution is -0.137. The van der Waals surface area contributed by atoms with Gasteiger partial charge in [0, 0.05) is 64.3 Å². The first-order chi connectivity index (χ1) is 17.6. The summed E-state index contributed by atoms with van der Waals surface area (Å²) in [7, 11) is 0. The summed E-state index contributed by atoms with van der Waals surface area (Å²) in [6.07, 6.45) is 3.85. The van der Waals surface area contributed by atoms with E-state index >= 15 is 0 Å². The van der Waals surface area contributed by atoms with E-state index in [0.717, 1.165) is 42.4 Å². The number of fused-ring (bicyclic) bond motifs is 1. The molecule has 3 fully saturated rings. The van der Waals surface area contributed by atoms with Gasteiger partial charge in [0.15, 0.2) is 0 Å². The van der Waals surface area contributed by atoms with Gasteiger partial charge in [0.05, 0.1) is 6.04 Å². The lowest BCUT2D eigenvalue weighted by atomic mass is 10.0. The second-order valence-corrected chi connectivity index (χ2v) is 10.9. The predicted octanol–water partition coefficient (Wildman–Crippen LogP) is 2.91. The number of carbonyl (C=O) groups is 2. The lowest BCUT2D eigenvalue weighted by Gasteiger charge is -2.34. The quantitative estimate of drug-likeness (QED) is 0.577. The monoisotopic (exact) mass is 488 g/mol. The smallest absolute Gasteiger partial charge is 0.243 e. The molecule has 4 aliphatic rings. The zero-order chi connectivity index (χ0) is 24.5.